The summed E-state index contributed by atoms with van der Waals surface area (Å²) >= 11 is 1.34. The molecule has 0 aliphatic carbocycles. The Bertz CT molecular complexity index is 926. The smallest absolute Gasteiger partial charge is 0.246 e. The van der Waals surface area contributed by atoms with Gasteiger partial charge in [0.25, 0.3) is 0 Å². The van der Waals surface area contributed by atoms with Crippen LogP contribution < -0.4 is 5.32 Å². The molecule has 2 aliphatic rings. The van der Waals surface area contributed by atoms with Crippen LogP contribution >= 0.6 is 11.5 Å². The first-order valence-corrected chi connectivity index (χ1v) is 10.2. The second-order valence-corrected chi connectivity index (χ2v) is 7.53. The molecule has 0 atom stereocenters. The molecule has 1 N–H and O–H groups in total. The highest BCUT2D eigenvalue weighted by atomic mass is 32.1. The minimum Gasteiger partial charge on any atom is -0.339 e. The van der Waals surface area contributed by atoms with Crippen LogP contribution in [0.2, 0.25) is 0 Å². The van der Waals surface area contributed by atoms with Crippen molar-refractivity contribution < 1.29 is 9.59 Å². The van der Waals surface area contributed by atoms with Gasteiger partial charge in [0.15, 0.2) is 5.82 Å². The maximum atomic E-state index is 12.5. The van der Waals surface area contributed by atoms with Crippen molar-refractivity contribution in [2.45, 2.75) is 32.1 Å². The second-order valence-electron chi connectivity index (χ2n) is 6.93. The Morgan fingerprint density at radius 3 is 2.82 bits per heavy atom. The van der Waals surface area contributed by atoms with E-state index < -0.39 is 0 Å². The number of piperidine rings is 1. The Morgan fingerprint density at radius 1 is 1.18 bits per heavy atom. The fourth-order valence-electron chi connectivity index (χ4n) is 3.41. The summed E-state index contributed by atoms with van der Waals surface area (Å²) < 4.78 is 4.20. The van der Waals surface area contributed by atoms with E-state index in [0.29, 0.717) is 25.3 Å². The largest absolute Gasteiger partial charge is 0.339 e. The fourth-order valence-corrected chi connectivity index (χ4v) is 3.82. The number of nitrogens with one attached hydrogen (secondary N) is 1. The molecule has 1 saturated heterocycles. The molecule has 2 aliphatic heterocycles. The monoisotopic (exact) mass is 395 g/mol. The van der Waals surface area contributed by atoms with Crippen molar-refractivity contribution in [3.8, 4) is 0 Å². The van der Waals surface area contributed by atoms with E-state index in [-0.39, 0.29) is 11.8 Å². The molecule has 1 fully saturated rings. The first-order valence-electron chi connectivity index (χ1n) is 9.39. The van der Waals surface area contributed by atoms with Crippen LogP contribution in [0.15, 0.2) is 29.4 Å². The lowest BCUT2D eigenvalue weighted by molar-refractivity contribution is -0.126. The van der Waals surface area contributed by atoms with E-state index in [1.807, 2.05) is 17.0 Å². The number of rotatable bonds is 3. The van der Waals surface area contributed by atoms with Gasteiger partial charge in [-0.3, -0.25) is 9.59 Å². The van der Waals surface area contributed by atoms with Crippen LogP contribution in [0.4, 0.5) is 5.82 Å². The zero-order valence-corrected chi connectivity index (χ0v) is 16.2. The molecule has 4 rings (SSSR count). The van der Waals surface area contributed by atoms with E-state index in [4.69, 9.17) is 0 Å². The van der Waals surface area contributed by atoms with Crippen molar-refractivity contribution in [1.82, 2.24) is 19.2 Å². The molecule has 2 amide bonds. The Balaban J connectivity index is 1.36. The molecular weight excluding hydrogens is 374 g/mol. The van der Waals surface area contributed by atoms with Gasteiger partial charge in [-0.15, -0.1) is 0 Å². The van der Waals surface area contributed by atoms with E-state index in [1.165, 1.54) is 17.1 Å². The molecule has 0 aromatic carbocycles. The van der Waals surface area contributed by atoms with Gasteiger partial charge >= 0.3 is 0 Å². The number of amides is 2. The number of nitrogens with zero attached hydrogens (tertiary/aromatic N) is 4. The summed E-state index contributed by atoms with van der Waals surface area (Å²) in [4.78, 5) is 34.5. The SMILES string of the molecule is O=C1CCCc2cc(C=CC(=O)N3CCC(=Cc4ncsn4)CC3)cnc2N1. The topological polar surface area (TPSA) is 88.1 Å². The van der Waals surface area contributed by atoms with E-state index in [2.05, 4.69) is 19.7 Å². The normalized spacial score (nSPS) is 17.2. The fraction of sp³-hybridized carbons (Fsp3) is 0.350. The van der Waals surface area contributed by atoms with Crippen molar-refractivity contribution in [3.05, 3.63) is 46.4 Å². The third-order valence-corrected chi connectivity index (χ3v) is 5.43. The number of aryl methyl sites for hydroxylation is 1. The lowest BCUT2D eigenvalue weighted by Gasteiger charge is -2.27. The zero-order chi connectivity index (χ0) is 19.3. The molecule has 0 spiro atoms. The predicted molar refractivity (Wildman–Crippen MR) is 109 cm³/mol. The number of anilines is 1. The molecule has 2 aromatic heterocycles. The van der Waals surface area contributed by atoms with Gasteiger partial charge in [-0.2, -0.15) is 4.37 Å². The summed E-state index contributed by atoms with van der Waals surface area (Å²) in [7, 11) is 0. The van der Waals surface area contributed by atoms with Crippen molar-refractivity contribution in [3.63, 3.8) is 0 Å². The Morgan fingerprint density at radius 2 is 2.04 bits per heavy atom. The number of hydrogen-bond acceptors (Lipinski definition) is 6. The molecule has 0 bridgehead atoms. The second kappa shape index (κ2) is 8.43. The van der Waals surface area contributed by atoms with Crippen LogP contribution in [0.3, 0.4) is 0 Å². The number of aromatic nitrogens is 3. The highest BCUT2D eigenvalue weighted by Crippen LogP contribution is 2.22. The molecule has 28 heavy (non-hydrogen) atoms. The first kappa shape index (κ1) is 18.5. The summed E-state index contributed by atoms with van der Waals surface area (Å²) in [5, 5.41) is 2.82. The van der Waals surface area contributed by atoms with Crippen LogP contribution in [0.25, 0.3) is 12.2 Å². The molecule has 4 heterocycles. The predicted octanol–water partition coefficient (Wildman–Crippen LogP) is 2.93. The van der Waals surface area contributed by atoms with Crippen LogP contribution in [-0.4, -0.2) is 44.1 Å². The summed E-state index contributed by atoms with van der Waals surface area (Å²) in [5.74, 6) is 1.41. The standard InChI is InChI=1S/C20H21N5O2S/c26-18-3-1-2-16-10-15(12-21-20(16)23-18)4-5-19(27)25-8-6-14(7-9-25)11-17-22-13-28-24-17/h4-5,10-13H,1-3,6-9H2,(H,21,23,26). The number of carbonyl (C=O) groups excluding carboxylic acids is 2. The molecular formula is C20H21N5O2S. The quantitative estimate of drug-likeness (QED) is 0.808. The summed E-state index contributed by atoms with van der Waals surface area (Å²) in [6.07, 6.45) is 10.9. The molecule has 0 unspecified atom stereocenters. The highest BCUT2D eigenvalue weighted by molar-refractivity contribution is 7.03. The molecule has 7 nitrogen and oxygen atoms in total. The zero-order valence-electron chi connectivity index (χ0n) is 15.4. The Labute approximate surface area is 167 Å². The van der Waals surface area contributed by atoms with Crippen molar-refractivity contribution >= 4 is 41.3 Å². The van der Waals surface area contributed by atoms with Gasteiger partial charge < -0.3 is 10.2 Å². The third-order valence-electron chi connectivity index (χ3n) is 4.94. The minimum absolute atomic E-state index is 0.00815. The van der Waals surface area contributed by atoms with Gasteiger partial charge in [0, 0.05) is 31.8 Å². The minimum atomic E-state index is 0.00815. The van der Waals surface area contributed by atoms with E-state index in [9.17, 15) is 9.59 Å². The first-order chi connectivity index (χ1) is 13.7. The average molecular weight is 395 g/mol. The van der Waals surface area contributed by atoms with E-state index >= 15 is 0 Å². The Kier molecular flexibility index (Phi) is 5.57. The van der Waals surface area contributed by atoms with Gasteiger partial charge in [0.2, 0.25) is 11.8 Å². The Hall–Kier alpha value is -2.87. The van der Waals surface area contributed by atoms with Crippen LogP contribution in [0.1, 0.15) is 42.6 Å². The van der Waals surface area contributed by atoms with Gasteiger partial charge in [-0.1, -0.05) is 5.57 Å². The molecule has 0 saturated carbocycles. The number of hydrogen-bond donors (Lipinski definition) is 1. The van der Waals surface area contributed by atoms with Gasteiger partial charge in [0.05, 0.1) is 0 Å². The van der Waals surface area contributed by atoms with Crippen LogP contribution in [0, 0.1) is 0 Å². The van der Waals surface area contributed by atoms with Crippen molar-refractivity contribution in [2.24, 2.45) is 0 Å². The van der Waals surface area contributed by atoms with Gasteiger partial charge in [0.1, 0.15) is 11.3 Å². The van der Waals surface area contributed by atoms with Crippen molar-refractivity contribution in [1.29, 1.82) is 0 Å². The third kappa shape index (κ3) is 4.51. The lowest BCUT2D eigenvalue weighted by Crippen LogP contribution is -2.35. The number of pyridine rings is 1. The van der Waals surface area contributed by atoms with Crippen molar-refractivity contribution in [2.75, 3.05) is 18.4 Å². The maximum absolute atomic E-state index is 12.5. The van der Waals surface area contributed by atoms with E-state index in [0.717, 1.165) is 42.6 Å². The highest BCUT2D eigenvalue weighted by Gasteiger charge is 2.18. The number of likely N-dealkylation sites (tertiary alicyclic amines) is 1. The maximum Gasteiger partial charge on any atom is 0.246 e. The van der Waals surface area contributed by atoms with Crippen LogP contribution in [0.5, 0.6) is 0 Å². The number of carbonyl (C=O) groups is 2. The van der Waals surface area contributed by atoms with Gasteiger partial charge in [-0.25, -0.2) is 9.97 Å². The summed E-state index contributed by atoms with van der Waals surface area (Å²) in [6, 6.07) is 2.00. The van der Waals surface area contributed by atoms with E-state index in [1.54, 1.807) is 23.9 Å². The molecule has 144 valence electrons. The average Bonchev–Trinajstić information content (AvgIpc) is 3.14. The number of fused-ring (bicyclic) bond motifs is 1. The summed E-state index contributed by atoms with van der Waals surface area (Å²) in [6.45, 7) is 1.40. The molecule has 8 heteroatoms. The molecule has 2 aromatic rings. The summed E-state index contributed by atoms with van der Waals surface area (Å²) in [5.41, 5.74) is 4.89. The van der Waals surface area contributed by atoms with Crippen LogP contribution in [-0.2, 0) is 16.0 Å². The lowest BCUT2D eigenvalue weighted by atomic mass is 10.0. The molecule has 0 radical (unpaired) electrons. The van der Waals surface area contributed by atoms with Gasteiger partial charge in [-0.05, 0) is 66.6 Å².